The average molecular weight is 188 g/mol. The summed E-state index contributed by atoms with van der Waals surface area (Å²) >= 11 is 0. The van der Waals surface area contributed by atoms with Crippen LogP contribution < -0.4 is 0 Å². The number of aliphatic hydroxyl groups is 1. The molecule has 0 bridgehead atoms. The number of ether oxygens (including phenoxy) is 3. The Labute approximate surface area is 77.8 Å². The van der Waals surface area contributed by atoms with E-state index in [0.717, 1.165) is 6.42 Å². The summed E-state index contributed by atoms with van der Waals surface area (Å²) in [5.74, 6) is -0.594. The Bertz CT molecular complexity index is 204. The van der Waals surface area contributed by atoms with Gasteiger partial charge in [-0.2, -0.15) is 0 Å². The lowest BCUT2D eigenvalue weighted by Crippen LogP contribution is -2.45. The molecule has 0 aromatic rings. The molecular formula is C9H16O4. The number of fused-ring (bicyclic) bond motifs is 1. The Hall–Kier alpha value is -0.160. The van der Waals surface area contributed by atoms with Crippen LogP contribution in [-0.4, -0.2) is 35.5 Å². The molecule has 2 aliphatic rings. The van der Waals surface area contributed by atoms with Crippen LogP contribution in [0, 0.1) is 0 Å². The van der Waals surface area contributed by atoms with Crippen molar-refractivity contribution in [2.75, 3.05) is 0 Å². The average Bonchev–Trinajstić information content (AvgIpc) is 2.23. The van der Waals surface area contributed by atoms with Gasteiger partial charge in [-0.15, -0.1) is 0 Å². The summed E-state index contributed by atoms with van der Waals surface area (Å²) in [5, 5.41) is 9.55. The summed E-state index contributed by atoms with van der Waals surface area (Å²) in [5.41, 5.74) is 0. The van der Waals surface area contributed by atoms with E-state index in [1.54, 1.807) is 0 Å². The van der Waals surface area contributed by atoms with Gasteiger partial charge in [-0.3, -0.25) is 0 Å². The molecule has 13 heavy (non-hydrogen) atoms. The van der Waals surface area contributed by atoms with Gasteiger partial charge in [0, 0.05) is 6.42 Å². The summed E-state index contributed by atoms with van der Waals surface area (Å²) in [6.07, 6.45) is -0.394. The van der Waals surface area contributed by atoms with E-state index in [1.165, 1.54) is 0 Å². The minimum Gasteiger partial charge on any atom is -0.366 e. The molecule has 4 nitrogen and oxygen atoms in total. The number of hydrogen-bond acceptors (Lipinski definition) is 4. The van der Waals surface area contributed by atoms with Crippen LogP contribution in [0.3, 0.4) is 0 Å². The lowest BCUT2D eigenvalue weighted by Gasteiger charge is -2.31. The second-order valence-electron chi connectivity index (χ2n) is 4.21. The normalized spacial score (nSPS) is 48.9. The van der Waals surface area contributed by atoms with Crippen molar-refractivity contribution in [1.29, 1.82) is 0 Å². The smallest absolute Gasteiger partial charge is 0.184 e. The number of rotatable bonds is 0. The molecule has 4 unspecified atom stereocenters. The standard InChI is InChI=1S/C9H16O4/c1-5-4-6-7(8(10)11-5)13-9(2,3)12-6/h5-8,10H,4H2,1-3H3. The Morgan fingerprint density at radius 1 is 1.31 bits per heavy atom. The maximum Gasteiger partial charge on any atom is 0.184 e. The highest BCUT2D eigenvalue weighted by Gasteiger charge is 2.48. The van der Waals surface area contributed by atoms with E-state index in [2.05, 4.69) is 0 Å². The molecular weight excluding hydrogens is 172 g/mol. The highest BCUT2D eigenvalue weighted by atomic mass is 16.8. The second kappa shape index (κ2) is 2.92. The zero-order valence-corrected chi connectivity index (χ0v) is 8.19. The molecule has 2 aliphatic heterocycles. The summed E-state index contributed by atoms with van der Waals surface area (Å²) < 4.78 is 16.4. The van der Waals surface area contributed by atoms with Crippen molar-refractivity contribution in [2.24, 2.45) is 0 Å². The van der Waals surface area contributed by atoms with E-state index in [4.69, 9.17) is 14.2 Å². The third-order valence-corrected chi connectivity index (χ3v) is 2.44. The molecule has 2 fully saturated rings. The SMILES string of the molecule is CC1CC2OC(C)(C)OC2C(O)O1. The first-order valence-electron chi connectivity index (χ1n) is 4.67. The van der Waals surface area contributed by atoms with Gasteiger partial charge >= 0.3 is 0 Å². The van der Waals surface area contributed by atoms with Crippen molar-refractivity contribution in [1.82, 2.24) is 0 Å². The molecule has 0 saturated carbocycles. The van der Waals surface area contributed by atoms with Crippen LogP contribution in [0.2, 0.25) is 0 Å². The van der Waals surface area contributed by atoms with Gasteiger partial charge in [0.05, 0.1) is 12.2 Å². The lowest BCUT2D eigenvalue weighted by atomic mass is 10.0. The zero-order valence-electron chi connectivity index (χ0n) is 8.19. The third-order valence-electron chi connectivity index (χ3n) is 2.44. The summed E-state index contributed by atoms with van der Waals surface area (Å²) in [6, 6.07) is 0. The van der Waals surface area contributed by atoms with Gasteiger partial charge in [-0.05, 0) is 20.8 Å². The molecule has 2 rings (SSSR count). The van der Waals surface area contributed by atoms with Crippen molar-refractivity contribution < 1.29 is 19.3 Å². The third kappa shape index (κ3) is 1.72. The molecule has 2 heterocycles. The van der Waals surface area contributed by atoms with Crippen molar-refractivity contribution >= 4 is 0 Å². The number of hydrogen-bond donors (Lipinski definition) is 1. The minimum atomic E-state index is -0.851. The Morgan fingerprint density at radius 2 is 2.00 bits per heavy atom. The van der Waals surface area contributed by atoms with Gasteiger partial charge in [-0.1, -0.05) is 0 Å². The maximum atomic E-state index is 9.55. The minimum absolute atomic E-state index is 0.0336. The molecule has 76 valence electrons. The van der Waals surface area contributed by atoms with Gasteiger partial charge in [0.15, 0.2) is 12.1 Å². The summed E-state index contributed by atoms with van der Waals surface area (Å²) in [4.78, 5) is 0. The predicted octanol–water partition coefficient (Wildman–Crippen LogP) is 0.634. The van der Waals surface area contributed by atoms with Crippen LogP contribution in [0.4, 0.5) is 0 Å². The van der Waals surface area contributed by atoms with Crippen molar-refractivity contribution in [2.45, 2.75) is 57.6 Å². The van der Waals surface area contributed by atoms with E-state index in [9.17, 15) is 5.11 Å². The highest BCUT2D eigenvalue weighted by Crippen LogP contribution is 2.36. The topological polar surface area (TPSA) is 47.9 Å². The Kier molecular flexibility index (Phi) is 2.11. The van der Waals surface area contributed by atoms with E-state index in [-0.39, 0.29) is 18.3 Å². The van der Waals surface area contributed by atoms with Crippen molar-refractivity contribution in [3.8, 4) is 0 Å². The van der Waals surface area contributed by atoms with Crippen LogP contribution in [0.1, 0.15) is 27.2 Å². The quantitative estimate of drug-likeness (QED) is 0.606. The molecule has 4 heteroatoms. The maximum absolute atomic E-state index is 9.55. The Balaban J connectivity index is 2.10. The van der Waals surface area contributed by atoms with Gasteiger partial charge in [0.25, 0.3) is 0 Å². The molecule has 0 spiro atoms. The van der Waals surface area contributed by atoms with E-state index < -0.39 is 12.1 Å². The second-order valence-corrected chi connectivity index (χ2v) is 4.21. The van der Waals surface area contributed by atoms with E-state index in [1.807, 2.05) is 20.8 Å². The molecule has 0 radical (unpaired) electrons. The first kappa shape index (κ1) is 9.40. The lowest BCUT2D eigenvalue weighted by molar-refractivity contribution is -0.225. The van der Waals surface area contributed by atoms with Gasteiger partial charge in [-0.25, -0.2) is 0 Å². The van der Waals surface area contributed by atoms with Crippen LogP contribution >= 0.6 is 0 Å². The van der Waals surface area contributed by atoms with Gasteiger partial charge < -0.3 is 19.3 Å². The first-order chi connectivity index (χ1) is 5.98. The predicted molar refractivity (Wildman–Crippen MR) is 45.0 cm³/mol. The molecule has 0 aromatic heterocycles. The molecule has 1 N–H and O–H groups in total. The van der Waals surface area contributed by atoms with Crippen LogP contribution in [0.25, 0.3) is 0 Å². The van der Waals surface area contributed by atoms with Crippen LogP contribution in [-0.2, 0) is 14.2 Å². The van der Waals surface area contributed by atoms with Crippen LogP contribution in [0.5, 0.6) is 0 Å². The molecule has 4 atom stereocenters. The first-order valence-corrected chi connectivity index (χ1v) is 4.67. The monoisotopic (exact) mass is 188 g/mol. The molecule has 0 aliphatic carbocycles. The van der Waals surface area contributed by atoms with Gasteiger partial charge in [0.2, 0.25) is 0 Å². The molecule has 2 saturated heterocycles. The van der Waals surface area contributed by atoms with E-state index in [0.29, 0.717) is 0 Å². The molecule has 0 aromatic carbocycles. The highest BCUT2D eigenvalue weighted by molar-refractivity contribution is 4.88. The van der Waals surface area contributed by atoms with Crippen LogP contribution in [0.15, 0.2) is 0 Å². The summed E-state index contributed by atoms with van der Waals surface area (Å²) in [7, 11) is 0. The van der Waals surface area contributed by atoms with Crippen molar-refractivity contribution in [3.63, 3.8) is 0 Å². The summed E-state index contributed by atoms with van der Waals surface area (Å²) in [6.45, 7) is 5.62. The fourth-order valence-electron chi connectivity index (χ4n) is 1.99. The van der Waals surface area contributed by atoms with Crippen molar-refractivity contribution in [3.05, 3.63) is 0 Å². The van der Waals surface area contributed by atoms with E-state index >= 15 is 0 Å². The fourth-order valence-corrected chi connectivity index (χ4v) is 1.99. The zero-order chi connectivity index (χ0) is 9.64. The largest absolute Gasteiger partial charge is 0.366 e. The fraction of sp³-hybridized carbons (Fsp3) is 1.00. The van der Waals surface area contributed by atoms with Gasteiger partial charge in [0.1, 0.15) is 6.10 Å². The Morgan fingerprint density at radius 3 is 2.69 bits per heavy atom. The number of aliphatic hydroxyl groups excluding tert-OH is 1. The molecule has 0 amide bonds.